The number of likely N-dealkylation sites (N-methyl/N-ethyl adjacent to an activating group) is 1. The highest BCUT2D eigenvalue weighted by Gasteiger charge is 2.53. The summed E-state index contributed by atoms with van der Waals surface area (Å²) in [6, 6.07) is 6.18. The second-order valence-corrected chi connectivity index (χ2v) is 6.22. The van der Waals surface area contributed by atoms with Crippen molar-refractivity contribution in [2.75, 3.05) is 13.1 Å². The van der Waals surface area contributed by atoms with Gasteiger partial charge in [-0.15, -0.1) is 0 Å². The summed E-state index contributed by atoms with van der Waals surface area (Å²) in [4.78, 5) is 14.4. The number of hydrogen-bond donors (Lipinski definition) is 1. The van der Waals surface area contributed by atoms with E-state index in [1.807, 2.05) is 6.92 Å². The van der Waals surface area contributed by atoms with E-state index in [4.69, 9.17) is 0 Å². The standard InChI is InChI=1S/C16H22FNO2/c1-4-18(11-15(2,3)20)14(19)16(9-10-16)12-5-7-13(17)8-6-12/h5-8,20H,4,9-11H2,1-3H3. The van der Waals surface area contributed by atoms with E-state index in [2.05, 4.69) is 0 Å². The van der Waals surface area contributed by atoms with Gasteiger partial charge in [0.15, 0.2) is 0 Å². The maximum Gasteiger partial charge on any atom is 0.233 e. The van der Waals surface area contributed by atoms with Crippen molar-refractivity contribution >= 4 is 5.91 Å². The lowest BCUT2D eigenvalue weighted by Crippen LogP contribution is -2.46. The molecule has 0 radical (unpaired) electrons. The second-order valence-electron chi connectivity index (χ2n) is 6.22. The van der Waals surface area contributed by atoms with E-state index >= 15 is 0 Å². The Bertz CT molecular complexity index is 486. The van der Waals surface area contributed by atoms with E-state index in [1.165, 1.54) is 12.1 Å². The average Bonchev–Trinajstić information content (AvgIpc) is 3.16. The molecule has 1 aliphatic carbocycles. The number of halogens is 1. The van der Waals surface area contributed by atoms with Crippen LogP contribution in [-0.2, 0) is 10.2 Å². The third kappa shape index (κ3) is 3.01. The lowest BCUT2D eigenvalue weighted by molar-refractivity contribution is -0.136. The molecule has 1 fully saturated rings. The van der Waals surface area contributed by atoms with Crippen molar-refractivity contribution in [3.8, 4) is 0 Å². The normalized spacial score (nSPS) is 16.9. The molecule has 0 heterocycles. The Morgan fingerprint density at radius 2 is 1.90 bits per heavy atom. The van der Waals surface area contributed by atoms with Crippen molar-refractivity contribution in [1.82, 2.24) is 4.90 Å². The highest BCUT2D eigenvalue weighted by atomic mass is 19.1. The number of amides is 1. The van der Waals surface area contributed by atoms with Gasteiger partial charge in [0.05, 0.1) is 11.0 Å². The summed E-state index contributed by atoms with van der Waals surface area (Å²) in [5, 5.41) is 9.92. The van der Waals surface area contributed by atoms with Crippen molar-refractivity contribution in [3.63, 3.8) is 0 Å². The van der Waals surface area contributed by atoms with Crippen molar-refractivity contribution < 1.29 is 14.3 Å². The summed E-state index contributed by atoms with van der Waals surface area (Å²) in [7, 11) is 0. The predicted octanol–water partition coefficient (Wildman–Crippen LogP) is 2.48. The SMILES string of the molecule is CCN(CC(C)(C)O)C(=O)C1(c2ccc(F)cc2)CC1. The maximum absolute atomic E-state index is 13.0. The number of carbonyl (C=O) groups excluding carboxylic acids is 1. The molecule has 3 nitrogen and oxygen atoms in total. The Kier molecular flexibility index (Phi) is 3.87. The lowest BCUT2D eigenvalue weighted by Gasteiger charge is -2.31. The quantitative estimate of drug-likeness (QED) is 0.899. The number of rotatable bonds is 5. The highest BCUT2D eigenvalue weighted by molar-refractivity contribution is 5.91. The van der Waals surface area contributed by atoms with Crippen LogP contribution in [0.3, 0.4) is 0 Å². The molecular weight excluding hydrogens is 257 g/mol. The van der Waals surface area contributed by atoms with E-state index < -0.39 is 11.0 Å². The minimum Gasteiger partial charge on any atom is -0.389 e. The molecule has 1 amide bonds. The zero-order valence-corrected chi connectivity index (χ0v) is 12.3. The van der Waals surface area contributed by atoms with Crippen LogP contribution in [0.4, 0.5) is 4.39 Å². The van der Waals surface area contributed by atoms with E-state index in [9.17, 15) is 14.3 Å². The summed E-state index contributed by atoms with van der Waals surface area (Å²) in [6.07, 6.45) is 1.58. The molecule has 0 unspecified atom stereocenters. The first-order valence-electron chi connectivity index (χ1n) is 7.06. The topological polar surface area (TPSA) is 40.5 Å². The van der Waals surface area contributed by atoms with Gasteiger partial charge in [-0.25, -0.2) is 4.39 Å². The van der Waals surface area contributed by atoms with Crippen molar-refractivity contribution in [2.24, 2.45) is 0 Å². The molecule has 0 spiro atoms. The van der Waals surface area contributed by atoms with Gasteiger partial charge in [-0.1, -0.05) is 12.1 Å². The molecule has 1 saturated carbocycles. The third-order valence-electron chi connectivity index (χ3n) is 3.80. The fourth-order valence-corrected chi connectivity index (χ4v) is 2.62. The Hall–Kier alpha value is -1.42. The second kappa shape index (κ2) is 5.17. The van der Waals surface area contributed by atoms with Gasteiger partial charge >= 0.3 is 0 Å². The number of benzene rings is 1. The largest absolute Gasteiger partial charge is 0.389 e. The van der Waals surface area contributed by atoms with Crippen LogP contribution >= 0.6 is 0 Å². The molecule has 1 aromatic rings. The number of carbonyl (C=O) groups is 1. The van der Waals surface area contributed by atoms with E-state index in [-0.39, 0.29) is 11.7 Å². The molecule has 2 rings (SSSR count). The molecule has 0 bridgehead atoms. The molecule has 0 atom stereocenters. The van der Waals surface area contributed by atoms with E-state index in [0.29, 0.717) is 13.1 Å². The van der Waals surface area contributed by atoms with Crippen LogP contribution in [0.2, 0.25) is 0 Å². The molecule has 0 saturated heterocycles. The molecule has 0 aromatic heterocycles. The van der Waals surface area contributed by atoms with Gasteiger partial charge in [-0.3, -0.25) is 4.79 Å². The first kappa shape index (κ1) is 15.0. The molecule has 1 aromatic carbocycles. The highest BCUT2D eigenvalue weighted by Crippen LogP contribution is 2.49. The fourth-order valence-electron chi connectivity index (χ4n) is 2.62. The van der Waals surface area contributed by atoms with Crippen molar-refractivity contribution in [3.05, 3.63) is 35.6 Å². The Morgan fingerprint density at radius 3 is 2.30 bits per heavy atom. The molecule has 110 valence electrons. The van der Waals surface area contributed by atoms with Gasteiger partial charge in [0, 0.05) is 13.1 Å². The average molecular weight is 279 g/mol. The number of hydrogen-bond acceptors (Lipinski definition) is 2. The van der Waals surface area contributed by atoms with Gasteiger partial charge < -0.3 is 10.0 Å². The van der Waals surface area contributed by atoms with Crippen LogP contribution in [0.1, 0.15) is 39.2 Å². The number of nitrogens with zero attached hydrogens (tertiary/aromatic N) is 1. The smallest absolute Gasteiger partial charge is 0.233 e. The van der Waals surface area contributed by atoms with Crippen LogP contribution in [-0.4, -0.2) is 34.6 Å². The van der Waals surface area contributed by atoms with Gasteiger partial charge in [0.25, 0.3) is 0 Å². The van der Waals surface area contributed by atoms with E-state index in [0.717, 1.165) is 18.4 Å². The Balaban J connectivity index is 2.20. The summed E-state index contributed by atoms with van der Waals surface area (Å²) in [6.45, 7) is 6.17. The van der Waals surface area contributed by atoms with Gasteiger partial charge in [0.2, 0.25) is 5.91 Å². The predicted molar refractivity (Wildman–Crippen MR) is 75.9 cm³/mol. The molecule has 20 heavy (non-hydrogen) atoms. The Morgan fingerprint density at radius 1 is 1.35 bits per heavy atom. The first-order valence-corrected chi connectivity index (χ1v) is 7.06. The zero-order valence-electron chi connectivity index (χ0n) is 12.3. The molecule has 0 aliphatic heterocycles. The van der Waals surface area contributed by atoms with Crippen molar-refractivity contribution in [1.29, 1.82) is 0 Å². The fraction of sp³-hybridized carbons (Fsp3) is 0.562. The van der Waals surface area contributed by atoms with Gasteiger partial charge in [-0.2, -0.15) is 0 Å². The summed E-state index contributed by atoms with van der Waals surface area (Å²) in [5.41, 5.74) is -0.544. The molecular formula is C16H22FNO2. The first-order chi connectivity index (χ1) is 9.28. The summed E-state index contributed by atoms with van der Waals surface area (Å²) in [5.74, 6) is -0.255. The van der Waals surface area contributed by atoms with Crippen LogP contribution in [0, 0.1) is 5.82 Å². The maximum atomic E-state index is 13.0. The van der Waals surface area contributed by atoms with Crippen LogP contribution in [0.5, 0.6) is 0 Å². The molecule has 4 heteroatoms. The monoisotopic (exact) mass is 279 g/mol. The minimum absolute atomic E-state index is 0.0359. The lowest BCUT2D eigenvalue weighted by atomic mass is 9.93. The van der Waals surface area contributed by atoms with E-state index in [1.54, 1.807) is 30.9 Å². The Labute approximate surface area is 119 Å². The minimum atomic E-state index is -0.912. The van der Waals surface area contributed by atoms with Crippen molar-refractivity contribution in [2.45, 2.75) is 44.6 Å². The van der Waals surface area contributed by atoms with Crippen LogP contribution in [0.15, 0.2) is 24.3 Å². The third-order valence-corrected chi connectivity index (χ3v) is 3.80. The van der Waals surface area contributed by atoms with Crippen LogP contribution < -0.4 is 0 Å². The van der Waals surface area contributed by atoms with Crippen LogP contribution in [0.25, 0.3) is 0 Å². The summed E-state index contributed by atoms with van der Waals surface area (Å²) >= 11 is 0. The zero-order chi connectivity index (χ0) is 15.0. The van der Waals surface area contributed by atoms with Gasteiger partial charge in [-0.05, 0) is 51.3 Å². The summed E-state index contributed by atoms with van der Waals surface area (Å²) < 4.78 is 13.0. The molecule has 1 aliphatic rings. The number of aliphatic hydroxyl groups is 1. The molecule has 1 N–H and O–H groups in total. The van der Waals surface area contributed by atoms with Gasteiger partial charge in [0.1, 0.15) is 5.82 Å².